The van der Waals surface area contributed by atoms with Gasteiger partial charge in [-0.15, -0.1) is 0 Å². The van der Waals surface area contributed by atoms with Crippen LogP contribution in [0.15, 0.2) is 0 Å². The summed E-state index contributed by atoms with van der Waals surface area (Å²) < 4.78 is 4.53. The predicted molar refractivity (Wildman–Crippen MR) is 42.6 cm³/mol. The molecule has 1 saturated heterocycles. The molecule has 0 aromatic rings. The second-order valence-electron chi connectivity index (χ2n) is 2.79. The molecule has 1 heterocycles. The van der Waals surface area contributed by atoms with Crippen LogP contribution in [-0.4, -0.2) is 30.1 Å². The molecule has 1 aliphatic rings. The Kier molecular flexibility index (Phi) is 3.08. The van der Waals surface area contributed by atoms with Crippen molar-refractivity contribution in [1.29, 1.82) is 0 Å². The summed E-state index contributed by atoms with van der Waals surface area (Å²) in [5, 5.41) is 0. The van der Waals surface area contributed by atoms with E-state index in [9.17, 15) is 9.59 Å². The summed E-state index contributed by atoms with van der Waals surface area (Å²) in [4.78, 5) is 23.4. The van der Waals surface area contributed by atoms with Crippen LogP contribution in [-0.2, 0) is 9.53 Å². The smallest absolute Gasteiger partial charge is 0.376 e. The average molecular weight is 171 g/mol. The van der Waals surface area contributed by atoms with Gasteiger partial charge in [0.15, 0.2) is 0 Å². The number of hydrogen-bond donors (Lipinski definition) is 0. The van der Waals surface area contributed by atoms with E-state index in [0.717, 1.165) is 25.9 Å². The zero-order valence-corrected chi connectivity index (χ0v) is 7.21. The Morgan fingerprint density at radius 1 is 1.33 bits per heavy atom. The van der Waals surface area contributed by atoms with Gasteiger partial charge in [-0.05, 0) is 12.8 Å². The van der Waals surface area contributed by atoms with E-state index in [4.69, 9.17) is 0 Å². The second kappa shape index (κ2) is 4.09. The summed E-state index contributed by atoms with van der Waals surface area (Å²) in [6.45, 7) is 3.10. The first-order valence-electron chi connectivity index (χ1n) is 4.23. The van der Waals surface area contributed by atoms with Crippen LogP contribution in [0.25, 0.3) is 0 Å². The van der Waals surface area contributed by atoms with Gasteiger partial charge < -0.3 is 9.64 Å². The lowest BCUT2D eigenvalue weighted by Crippen LogP contribution is -2.30. The number of nitrogens with zero attached hydrogens (tertiary/aromatic N) is 1. The first-order valence-corrected chi connectivity index (χ1v) is 4.23. The van der Waals surface area contributed by atoms with Gasteiger partial charge in [0.05, 0.1) is 0 Å². The van der Waals surface area contributed by atoms with Crippen LogP contribution in [0.2, 0.25) is 0 Å². The molecule has 0 saturated carbocycles. The first kappa shape index (κ1) is 9.03. The fraction of sp³-hybridized carbons (Fsp3) is 0.750. The van der Waals surface area contributed by atoms with Gasteiger partial charge in [-0.25, -0.2) is 4.79 Å². The van der Waals surface area contributed by atoms with Crippen molar-refractivity contribution in [1.82, 2.24) is 4.90 Å². The molecule has 1 fully saturated rings. The summed E-state index contributed by atoms with van der Waals surface area (Å²) in [6, 6.07) is 0. The molecule has 0 unspecified atom stereocenters. The van der Waals surface area contributed by atoms with Gasteiger partial charge in [0.2, 0.25) is 0 Å². The van der Waals surface area contributed by atoms with E-state index < -0.39 is 12.1 Å². The molecule has 0 radical (unpaired) electrons. The lowest BCUT2D eigenvalue weighted by Gasteiger charge is -2.12. The van der Waals surface area contributed by atoms with Gasteiger partial charge in [-0.2, -0.15) is 0 Å². The molecule has 1 amide bonds. The van der Waals surface area contributed by atoms with Crippen molar-refractivity contribution in [2.45, 2.75) is 26.2 Å². The standard InChI is InChI=1S/C8H13NO3/c1-2-7(10)12-8(11)9-5-3-4-6-9/h2-6H2,1H3. The highest BCUT2D eigenvalue weighted by atomic mass is 16.6. The summed E-state index contributed by atoms with van der Waals surface area (Å²) >= 11 is 0. The lowest BCUT2D eigenvalue weighted by atomic mass is 10.4. The maximum absolute atomic E-state index is 11.1. The highest BCUT2D eigenvalue weighted by molar-refractivity contribution is 5.84. The summed E-state index contributed by atoms with van der Waals surface area (Å²) in [6.07, 6.45) is 1.78. The molecule has 0 atom stereocenters. The normalized spacial score (nSPS) is 16.2. The maximum atomic E-state index is 11.1. The quantitative estimate of drug-likeness (QED) is 0.439. The van der Waals surface area contributed by atoms with Crippen LogP contribution in [0.5, 0.6) is 0 Å². The van der Waals surface area contributed by atoms with E-state index in [1.807, 2.05) is 0 Å². The van der Waals surface area contributed by atoms with Crippen LogP contribution in [0.1, 0.15) is 26.2 Å². The number of rotatable bonds is 1. The number of amides is 1. The van der Waals surface area contributed by atoms with Gasteiger partial charge >= 0.3 is 12.1 Å². The average Bonchev–Trinajstić information content (AvgIpc) is 2.56. The number of ether oxygens (including phenoxy) is 1. The van der Waals surface area contributed by atoms with E-state index >= 15 is 0 Å². The summed E-state index contributed by atoms with van der Waals surface area (Å²) in [5.41, 5.74) is 0. The number of likely N-dealkylation sites (tertiary alicyclic amines) is 1. The molecule has 4 heteroatoms. The highest BCUT2D eigenvalue weighted by Crippen LogP contribution is 2.08. The minimum atomic E-state index is -0.487. The molecular formula is C8H13NO3. The Morgan fingerprint density at radius 2 is 1.92 bits per heavy atom. The molecule has 68 valence electrons. The second-order valence-corrected chi connectivity index (χ2v) is 2.79. The third kappa shape index (κ3) is 2.22. The van der Waals surface area contributed by atoms with Crippen molar-refractivity contribution < 1.29 is 14.3 Å². The van der Waals surface area contributed by atoms with Crippen LogP contribution in [0.3, 0.4) is 0 Å². The Morgan fingerprint density at radius 3 is 2.42 bits per heavy atom. The van der Waals surface area contributed by atoms with Gasteiger partial charge in [0.1, 0.15) is 0 Å². The molecule has 0 aromatic heterocycles. The number of esters is 1. The summed E-state index contributed by atoms with van der Waals surface area (Å²) in [5.74, 6) is -0.452. The number of hydrogen-bond acceptors (Lipinski definition) is 3. The third-order valence-electron chi connectivity index (χ3n) is 1.85. The van der Waals surface area contributed by atoms with Crippen molar-refractivity contribution in [3.63, 3.8) is 0 Å². The Balaban J connectivity index is 2.32. The SMILES string of the molecule is CCC(=O)OC(=O)N1CCCC1. The van der Waals surface area contributed by atoms with E-state index in [1.54, 1.807) is 11.8 Å². The fourth-order valence-electron chi connectivity index (χ4n) is 1.13. The molecule has 12 heavy (non-hydrogen) atoms. The predicted octanol–water partition coefficient (Wildman–Crippen LogP) is 1.16. The van der Waals surface area contributed by atoms with Crippen molar-refractivity contribution in [2.24, 2.45) is 0 Å². The molecular weight excluding hydrogens is 158 g/mol. The zero-order valence-electron chi connectivity index (χ0n) is 7.21. The van der Waals surface area contributed by atoms with Crippen molar-refractivity contribution >= 4 is 12.1 Å². The largest absolute Gasteiger partial charge is 0.417 e. The van der Waals surface area contributed by atoms with Gasteiger partial charge in [0.25, 0.3) is 0 Å². The van der Waals surface area contributed by atoms with Crippen molar-refractivity contribution in [3.8, 4) is 0 Å². The van der Waals surface area contributed by atoms with Gasteiger partial charge in [-0.3, -0.25) is 4.79 Å². The van der Waals surface area contributed by atoms with Crippen molar-refractivity contribution in [3.05, 3.63) is 0 Å². The van der Waals surface area contributed by atoms with Crippen LogP contribution >= 0.6 is 0 Å². The molecule has 1 aliphatic heterocycles. The zero-order chi connectivity index (χ0) is 8.97. The summed E-state index contributed by atoms with van der Waals surface area (Å²) in [7, 11) is 0. The number of carbonyl (C=O) groups is 2. The molecule has 0 bridgehead atoms. The molecule has 4 nitrogen and oxygen atoms in total. The van der Waals surface area contributed by atoms with E-state index in [0.29, 0.717) is 0 Å². The van der Waals surface area contributed by atoms with Gasteiger partial charge in [-0.1, -0.05) is 6.92 Å². The third-order valence-corrected chi connectivity index (χ3v) is 1.85. The van der Waals surface area contributed by atoms with Crippen LogP contribution < -0.4 is 0 Å². The maximum Gasteiger partial charge on any atom is 0.417 e. The van der Waals surface area contributed by atoms with Crippen LogP contribution in [0, 0.1) is 0 Å². The fourth-order valence-corrected chi connectivity index (χ4v) is 1.13. The molecule has 1 rings (SSSR count). The van der Waals surface area contributed by atoms with E-state index in [-0.39, 0.29) is 6.42 Å². The Labute approximate surface area is 71.5 Å². The topological polar surface area (TPSA) is 46.6 Å². The number of carbonyl (C=O) groups excluding carboxylic acids is 2. The minimum absolute atomic E-state index is 0.250. The van der Waals surface area contributed by atoms with E-state index in [1.165, 1.54) is 0 Å². The molecule has 0 N–H and O–H groups in total. The monoisotopic (exact) mass is 171 g/mol. The minimum Gasteiger partial charge on any atom is -0.376 e. The molecule has 0 spiro atoms. The van der Waals surface area contributed by atoms with Crippen molar-refractivity contribution in [2.75, 3.05) is 13.1 Å². The highest BCUT2D eigenvalue weighted by Gasteiger charge is 2.20. The molecule has 0 aromatic carbocycles. The van der Waals surface area contributed by atoms with Gasteiger partial charge in [0, 0.05) is 19.5 Å². The first-order chi connectivity index (χ1) is 5.74. The van der Waals surface area contributed by atoms with Crippen LogP contribution in [0.4, 0.5) is 4.79 Å². The Hall–Kier alpha value is -1.06. The molecule has 0 aliphatic carbocycles. The Bertz CT molecular complexity index is 185. The van der Waals surface area contributed by atoms with E-state index in [2.05, 4.69) is 4.74 Å². The lowest BCUT2D eigenvalue weighted by molar-refractivity contribution is -0.137.